The molecule has 102 valence electrons. The van der Waals surface area contributed by atoms with Crippen molar-refractivity contribution in [3.05, 3.63) is 41.1 Å². The first-order chi connectivity index (χ1) is 9.63. The maximum Gasteiger partial charge on any atom is 0.226 e. The lowest BCUT2D eigenvalue weighted by Gasteiger charge is -2.11. The Morgan fingerprint density at radius 1 is 1.30 bits per heavy atom. The molecule has 0 aliphatic heterocycles. The highest BCUT2D eigenvalue weighted by molar-refractivity contribution is 5.44. The molecule has 2 aromatic rings. The molecule has 0 radical (unpaired) electrons. The molecule has 5 nitrogen and oxygen atoms in total. The van der Waals surface area contributed by atoms with Crippen LogP contribution < -0.4 is 10.1 Å². The standard InChI is InChI=1S/C15H16N4O/c1-4-17-15-18-9-11(3)14(19-15)20-13-7-12(8-16)6-5-10(13)2/h5-7,9H,4H2,1-3H3,(H,17,18,19). The summed E-state index contributed by atoms with van der Waals surface area (Å²) in [4.78, 5) is 8.50. The molecule has 5 heteroatoms. The van der Waals surface area contributed by atoms with Gasteiger partial charge in [-0.25, -0.2) is 4.98 Å². The van der Waals surface area contributed by atoms with Crippen molar-refractivity contribution in [3.8, 4) is 17.7 Å². The van der Waals surface area contributed by atoms with Crippen molar-refractivity contribution < 1.29 is 4.74 Å². The van der Waals surface area contributed by atoms with Crippen molar-refractivity contribution in [1.29, 1.82) is 5.26 Å². The zero-order chi connectivity index (χ0) is 14.5. The first-order valence-corrected chi connectivity index (χ1v) is 6.40. The average molecular weight is 268 g/mol. The normalized spacial score (nSPS) is 9.90. The summed E-state index contributed by atoms with van der Waals surface area (Å²) in [6.45, 7) is 6.53. The Kier molecular flexibility index (Phi) is 4.16. The Labute approximate surface area is 118 Å². The lowest BCUT2D eigenvalue weighted by atomic mass is 10.1. The molecule has 0 aliphatic carbocycles. The van der Waals surface area contributed by atoms with E-state index in [4.69, 9.17) is 10.00 Å². The van der Waals surface area contributed by atoms with Crippen molar-refractivity contribution in [1.82, 2.24) is 9.97 Å². The summed E-state index contributed by atoms with van der Waals surface area (Å²) >= 11 is 0. The summed E-state index contributed by atoms with van der Waals surface area (Å²) in [6.07, 6.45) is 1.71. The molecule has 1 N–H and O–H groups in total. The predicted octanol–water partition coefficient (Wildman–Crippen LogP) is 3.19. The fraction of sp³-hybridized carbons (Fsp3) is 0.267. The summed E-state index contributed by atoms with van der Waals surface area (Å²) in [5.74, 6) is 1.66. The number of rotatable bonds is 4. The topological polar surface area (TPSA) is 70.8 Å². The van der Waals surface area contributed by atoms with E-state index in [0.717, 1.165) is 17.7 Å². The van der Waals surface area contributed by atoms with Crippen LogP contribution in [-0.2, 0) is 0 Å². The number of aryl methyl sites for hydroxylation is 2. The SMILES string of the molecule is CCNc1ncc(C)c(Oc2cc(C#N)ccc2C)n1. The van der Waals surface area contributed by atoms with Crippen LogP contribution in [0.15, 0.2) is 24.4 Å². The molecule has 0 spiro atoms. The highest BCUT2D eigenvalue weighted by atomic mass is 16.5. The molecule has 0 saturated heterocycles. The molecule has 20 heavy (non-hydrogen) atoms. The fourth-order valence-corrected chi connectivity index (χ4v) is 1.66. The Morgan fingerprint density at radius 2 is 2.10 bits per heavy atom. The van der Waals surface area contributed by atoms with Crippen LogP contribution in [0, 0.1) is 25.2 Å². The smallest absolute Gasteiger partial charge is 0.226 e. The molecule has 0 bridgehead atoms. The summed E-state index contributed by atoms with van der Waals surface area (Å²) in [6, 6.07) is 7.43. The van der Waals surface area contributed by atoms with Crippen LogP contribution in [0.4, 0.5) is 5.95 Å². The molecule has 1 aromatic heterocycles. The molecule has 0 unspecified atom stereocenters. The maximum absolute atomic E-state index is 8.95. The van der Waals surface area contributed by atoms with E-state index in [0.29, 0.717) is 23.1 Å². The van der Waals surface area contributed by atoms with Gasteiger partial charge < -0.3 is 10.1 Å². The summed E-state index contributed by atoms with van der Waals surface area (Å²) in [5.41, 5.74) is 2.35. The van der Waals surface area contributed by atoms with E-state index in [1.807, 2.05) is 26.8 Å². The van der Waals surface area contributed by atoms with Gasteiger partial charge >= 0.3 is 0 Å². The third kappa shape index (κ3) is 3.04. The highest BCUT2D eigenvalue weighted by Crippen LogP contribution is 2.27. The number of ether oxygens (including phenoxy) is 1. The van der Waals surface area contributed by atoms with E-state index >= 15 is 0 Å². The van der Waals surface area contributed by atoms with E-state index in [1.54, 1.807) is 18.3 Å². The molecular formula is C15H16N4O. The van der Waals surface area contributed by atoms with Gasteiger partial charge in [0.15, 0.2) is 0 Å². The van der Waals surface area contributed by atoms with Gasteiger partial charge in [0.1, 0.15) is 5.75 Å². The van der Waals surface area contributed by atoms with Crippen molar-refractivity contribution in [2.45, 2.75) is 20.8 Å². The van der Waals surface area contributed by atoms with Crippen LogP contribution in [0.25, 0.3) is 0 Å². The second kappa shape index (κ2) is 6.02. The predicted molar refractivity (Wildman–Crippen MR) is 76.9 cm³/mol. The van der Waals surface area contributed by atoms with Crippen molar-refractivity contribution in [2.24, 2.45) is 0 Å². The monoisotopic (exact) mass is 268 g/mol. The van der Waals surface area contributed by atoms with Gasteiger partial charge in [-0.1, -0.05) is 6.07 Å². The quantitative estimate of drug-likeness (QED) is 0.922. The average Bonchev–Trinajstić information content (AvgIpc) is 2.45. The zero-order valence-electron chi connectivity index (χ0n) is 11.8. The van der Waals surface area contributed by atoms with E-state index in [9.17, 15) is 0 Å². The third-order valence-corrected chi connectivity index (χ3v) is 2.78. The molecule has 0 fully saturated rings. The van der Waals surface area contributed by atoms with Gasteiger partial charge in [-0.05, 0) is 38.5 Å². The zero-order valence-corrected chi connectivity index (χ0v) is 11.8. The minimum atomic E-state index is 0.495. The van der Waals surface area contributed by atoms with Gasteiger partial charge in [0.2, 0.25) is 11.8 Å². The first-order valence-electron chi connectivity index (χ1n) is 6.40. The molecular weight excluding hydrogens is 252 g/mol. The Bertz CT molecular complexity index is 661. The van der Waals surface area contributed by atoms with Gasteiger partial charge in [-0.3, -0.25) is 0 Å². The number of anilines is 1. The molecule has 0 aliphatic rings. The van der Waals surface area contributed by atoms with E-state index in [1.165, 1.54) is 0 Å². The molecule has 1 aromatic carbocycles. The molecule has 0 amide bonds. The number of nitriles is 1. The summed E-state index contributed by atoms with van der Waals surface area (Å²) in [7, 11) is 0. The van der Waals surface area contributed by atoms with E-state index in [-0.39, 0.29) is 0 Å². The van der Waals surface area contributed by atoms with Gasteiger partial charge in [-0.2, -0.15) is 10.2 Å². The molecule has 2 rings (SSSR count). The van der Waals surface area contributed by atoms with Crippen LogP contribution in [-0.4, -0.2) is 16.5 Å². The number of hydrogen-bond acceptors (Lipinski definition) is 5. The minimum absolute atomic E-state index is 0.495. The number of aromatic nitrogens is 2. The highest BCUT2D eigenvalue weighted by Gasteiger charge is 2.08. The summed E-state index contributed by atoms with van der Waals surface area (Å²) in [5, 5.41) is 12.0. The second-order valence-electron chi connectivity index (χ2n) is 4.41. The Hall–Kier alpha value is -2.61. The Morgan fingerprint density at radius 3 is 2.80 bits per heavy atom. The van der Waals surface area contributed by atoms with Crippen LogP contribution in [0.5, 0.6) is 11.6 Å². The van der Waals surface area contributed by atoms with Gasteiger partial charge in [0.05, 0.1) is 11.6 Å². The first kappa shape index (κ1) is 13.8. The van der Waals surface area contributed by atoms with Crippen LogP contribution >= 0.6 is 0 Å². The van der Waals surface area contributed by atoms with Gasteiger partial charge in [0, 0.05) is 18.3 Å². The third-order valence-electron chi connectivity index (χ3n) is 2.78. The lowest BCUT2D eigenvalue weighted by molar-refractivity contribution is 0.454. The van der Waals surface area contributed by atoms with E-state index < -0.39 is 0 Å². The van der Waals surface area contributed by atoms with Crippen LogP contribution in [0.3, 0.4) is 0 Å². The largest absolute Gasteiger partial charge is 0.438 e. The number of nitrogens with zero attached hydrogens (tertiary/aromatic N) is 3. The molecule has 1 heterocycles. The molecule has 0 saturated carbocycles. The van der Waals surface area contributed by atoms with Crippen LogP contribution in [0.1, 0.15) is 23.6 Å². The molecule has 0 atom stereocenters. The van der Waals surface area contributed by atoms with Crippen molar-refractivity contribution in [2.75, 3.05) is 11.9 Å². The minimum Gasteiger partial charge on any atom is -0.438 e. The van der Waals surface area contributed by atoms with Crippen molar-refractivity contribution in [3.63, 3.8) is 0 Å². The second-order valence-corrected chi connectivity index (χ2v) is 4.41. The van der Waals surface area contributed by atoms with Gasteiger partial charge in [0.25, 0.3) is 0 Å². The van der Waals surface area contributed by atoms with Gasteiger partial charge in [-0.15, -0.1) is 0 Å². The van der Waals surface area contributed by atoms with E-state index in [2.05, 4.69) is 21.4 Å². The lowest BCUT2D eigenvalue weighted by Crippen LogP contribution is -2.04. The van der Waals surface area contributed by atoms with Crippen LogP contribution in [0.2, 0.25) is 0 Å². The Balaban J connectivity index is 2.34. The number of benzene rings is 1. The summed E-state index contributed by atoms with van der Waals surface area (Å²) < 4.78 is 5.83. The fourth-order valence-electron chi connectivity index (χ4n) is 1.66. The van der Waals surface area contributed by atoms with Crippen molar-refractivity contribution >= 4 is 5.95 Å². The maximum atomic E-state index is 8.95. The number of hydrogen-bond donors (Lipinski definition) is 1. The number of nitrogens with one attached hydrogen (secondary N) is 1.